The first-order chi connectivity index (χ1) is 11.3. The summed E-state index contributed by atoms with van der Waals surface area (Å²) in [5.74, 6) is -6.59. The van der Waals surface area contributed by atoms with E-state index in [9.17, 15) is 33.6 Å². The second kappa shape index (κ2) is 8.18. The molecule has 0 aromatic rings. The molecule has 7 heteroatoms. The summed E-state index contributed by atoms with van der Waals surface area (Å²) in [6.07, 6.45) is -0.596. The zero-order chi connectivity index (χ0) is 20.2. The van der Waals surface area contributed by atoms with Crippen molar-refractivity contribution in [2.24, 2.45) is 10.8 Å². The molecule has 0 fully saturated rings. The van der Waals surface area contributed by atoms with Gasteiger partial charge in [0.05, 0.1) is 0 Å². The Morgan fingerprint density at radius 2 is 1.00 bits per heavy atom. The first-order valence-corrected chi connectivity index (χ1v) is 7.95. The van der Waals surface area contributed by atoms with Crippen LogP contribution in [0.25, 0.3) is 0 Å². The van der Waals surface area contributed by atoms with Crippen molar-refractivity contribution in [1.29, 1.82) is 0 Å². The van der Waals surface area contributed by atoms with Gasteiger partial charge in [0.15, 0.2) is 34.7 Å². The zero-order valence-corrected chi connectivity index (χ0v) is 15.5. The minimum atomic E-state index is -2.72. The Hall–Kier alpha value is -2.31. The van der Waals surface area contributed by atoms with Gasteiger partial charge in [0, 0.05) is 12.8 Å². The molecule has 0 aliphatic heterocycles. The van der Waals surface area contributed by atoms with Crippen molar-refractivity contribution in [1.82, 2.24) is 0 Å². The van der Waals surface area contributed by atoms with Gasteiger partial charge in [-0.2, -0.15) is 0 Å². The number of carbonyl (C=O) groups is 7. The Morgan fingerprint density at radius 1 is 0.640 bits per heavy atom. The molecule has 138 valence electrons. The summed E-state index contributed by atoms with van der Waals surface area (Å²) in [7, 11) is 0. The number of carbonyl (C=O) groups excluding carboxylic acids is 7. The lowest BCUT2D eigenvalue weighted by Crippen LogP contribution is -2.60. The van der Waals surface area contributed by atoms with Crippen LogP contribution in [0.1, 0.15) is 60.8 Å². The summed E-state index contributed by atoms with van der Waals surface area (Å²) >= 11 is 0. The van der Waals surface area contributed by atoms with Crippen molar-refractivity contribution in [3.05, 3.63) is 0 Å². The first-order valence-electron chi connectivity index (χ1n) is 7.95. The van der Waals surface area contributed by atoms with E-state index < -0.39 is 52.0 Å². The van der Waals surface area contributed by atoms with Crippen LogP contribution in [0.2, 0.25) is 0 Å². The molecule has 0 N–H and O–H groups in total. The van der Waals surface area contributed by atoms with Crippen LogP contribution in [0.4, 0.5) is 0 Å². The van der Waals surface area contributed by atoms with Crippen LogP contribution in [0.5, 0.6) is 0 Å². The van der Waals surface area contributed by atoms with Crippen LogP contribution in [0, 0.1) is 10.8 Å². The number of hydrogen-bond donors (Lipinski definition) is 0. The smallest absolute Gasteiger partial charge is 0.203 e. The average molecular weight is 352 g/mol. The number of hydrogen-bond acceptors (Lipinski definition) is 7. The van der Waals surface area contributed by atoms with Crippen LogP contribution in [0.15, 0.2) is 0 Å². The maximum absolute atomic E-state index is 13.2. The molecule has 0 atom stereocenters. The summed E-state index contributed by atoms with van der Waals surface area (Å²) in [5.41, 5.74) is -5.10. The Balaban J connectivity index is 6.66. The molecule has 0 saturated heterocycles. The number of rotatable bonds is 11. The third-order valence-electron chi connectivity index (χ3n) is 4.69. The minimum Gasteiger partial charge on any atom is -0.300 e. The van der Waals surface area contributed by atoms with E-state index in [1.165, 1.54) is 0 Å². The van der Waals surface area contributed by atoms with E-state index in [2.05, 4.69) is 0 Å². The number of Topliss-reactive ketones (excluding diaryl/α,β-unsaturated/α-hetero) is 7. The topological polar surface area (TPSA) is 119 Å². The molecule has 25 heavy (non-hydrogen) atoms. The van der Waals surface area contributed by atoms with Crippen LogP contribution >= 0.6 is 0 Å². The van der Waals surface area contributed by atoms with Crippen LogP contribution < -0.4 is 0 Å². The Labute approximate surface area is 146 Å². The lowest BCUT2D eigenvalue weighted by atomic mass is 9.59. The predicted molar refractivity (Wildman–Crippen MR) is 87.8 cm³/mol. The third-order valence-corrected chi connectivity index (χ3v) is 4.69. The summed E-state index contributed by atoms with van der Waals surface area (Å²) < 4.78 is 0. The summed E-state index contributed by atoms with van der Waals surface area (Å²) in [4.78, 5) is 85.8. The third kappa shape index (κ3) is 3.70. The van der Waals surface area contributed by atoms with Gasteiger partial charge in [-0.15, -0.1) is 0 Å². The van der Waals surface area contributed by atoms with E-state index in [0.717, 1.165) is 34.6 Å². The minimum absolute atomic E-state index is 0.136. The Morgan fingerprint density at radius 3 is 1.24 bits per heavy atom. The molecular formula is C18H24O7. The molecule has 0 radical (unpaired) electrons. The molecule has 0 unspecified atom stereocenters. The van der Waals surface area contributed by atoms with Gasteiger partial charge in [-0.25, -0.2) is 0 Å². The highest BCUT2D eigenvalue weighted by Gasteiger charge is 2.62. The zero-order valence-electron chi connectivity index (χ0n) is 15.5. The van der Waals surface area contributed by atoms with E-state index >= 15 is 0 Å². The molecular weight excluding hydrogens is 328 g/mol. The molecule has 0 saturated carbocycles. The van der Waals surface area contributed by atoms with Crippen molar-refractivity contribution in [3.8, 4) is 0 Å². The fourth-order valence-electron chi connectivity index (χ4n) is 3.08. The standard InChI is InChI=1S/C18H24O7/c1-7-15(24)8-9-17(10(2)19,11(3)20)16(25)18(12(4)21,13(5)22)14(6)23/h7-9H2,1-6H3. The maximum Gasteiger partial charge on any atom is 0.203 e. The lowest BCUT2D eigenvalue weighted by Gasteiger charge is -2.35. The maximum atomic E-state index is 13.2. The molecule has 0 aromatic heterocycles. The fourth-order valence-corrected chi connectivity index (χ4v) is 3.08. The molecule has 0 aromatic carbocycles. The predicted octanol–water partition coefficient (Wildman–Crippen LogP) is 1.23. The molecule has 0 rings (SSSR count). The number of ketones is 7. The molecule has 7 nitrogen and oxygen atoms in total. The molecule has 0 bridgehead atoms. The summed E-state index contributed by atoms with van der Waals surface area (Å²) in [6.45, 7) is 6.20. The normalized spacial score (nSPS) is 11.6. The van der Waals surface area contributed by atoms with Gasteiger partial charge in [-0.05, 0) is 41.0 Å². The molecule has 0 heterocycles. The van der Waals surface area contributed by atoms with Crippen molar-refractivity contribution in [2.45, 2.75) is 60.8 Å². The van der Waals surface area contributed by atoms with E-state index in [1.54, 1.807) is 6.92 Å². The highest BCUT2D eigenvalue weighted by Crippen LogP contribution is 2.38. The van der Waals surface area contributed by atoms with Gasteiger partial charge in [-0.3, -0.25) is 33.6 Å². The molecule has 0 aliphatic carbocycles. The highest BCUT2D eigenvalue weighted by atomic mass is 16.2. The second-order valence-electron chi connectivity index (χ2n) is 6.16. The van der Waals surface area contributed by atoms with Crippen LogP contribution in [-0.2, 0) is 33.6 Å². The van der Waals surface area contributed by atoms with E-state index in [4.69, 9.17) is 0 Å². The fraction of sp³-hybridized carbons (Fsp3) is 0.611. The quantitative estimate of drug-likeness (QED) is 0.513. The van der Waals surface area contributed by atoms with Crippen molar-refractivity contribution in [3.63, 3.8) is 0 Å². The van der Waals surface area contributed by atoms with Crippen molar-refractivity contribution < 1.29 is 33.6 Å². The average Bonchev–Trinajstić information content (AvgIpc) is 2.46. The molecule has 0 spiro atoms. The molecule has 0 amide bonds. The first kappa shape index (κ1) is 22.7. The Kier molecular flexibility index (Phi) is 7.42. The van der Waals surface area contributed by atoms with Crippen LogP contribution in [0.3, 0.4) is 0 Å². The SMILES string of the molecule is CCC(=O)CCC(C(C)=O)(C(C)=O)C(=O)C(C(C)=O)(C(C)=O)C(C)=O. The monoisotopic (exact) mass is 352 g/mol. The summed E-state index contributed by atoms with van der Waals surface area (Å²) in [5, 5.41) is 0. The van der Waals surface area contributed by atoms with Gasteiger partial charge in [0.1, 0.15) is 11.2 Å². The van der Waals surface area contributed by atoms with Crippen LogP contribution in [-0.4, -0.2) is 40.5 Å². The van der Waals surface area contributed by atoms with Gasteiger partial charge in [0.25, 0.3) is 0 Å². The van der Waals surface area contributed by atoms with E-state index in [0.29, 0.717) is 0 Å². The van der Waals surface area contributed by atoms with Gasteiger partial charge >= 0.3 is 0 Å². The molecule has 0 aliphatic rings. The van der Waals surface area contributed by atoms with Crippen molar-refractivity contribution >= 4 is 40.5 Å². The van der Waals surface area contributed by atoms with Gasteiger partial charge in [-0.1, -0.05) is 6.92 Å². The summed E-state index contributed by atoms with van der Waals surface area (Å²) in [6, 6.07) is 0. The van der Waals surface area contributed by atoms with Gasteiger partial charge in [0.2, 0.25) is 5.41 Å². The van der Waals surface area contributed by atoms with E-state index in [1.807, 2.05) is 0 Å². The highest BCUT2D eigenvalue weighted by molar-refractivity contribution is 6.44. The Bertz CT molecular complexity index is 604. The van der Waals surface area contributed by atoms with Crippen molar-refractivity contribution in [2.75, 3.05) is 0 Å². The lowest BCUT2D eigenvalue weighted by molar-refractivity contribution is -0.160. The van der Waals surface area contributed by atoms with Gasteiger partial charge < -0.3 is 0 Å². The second-order valence-corrected chi connectivity index (χ2v) is 6.16. The van der Waals surface area contributed by atoms with E-state index in [-0.39, 0.29) is 18.6 Å². The largest absolute Gasteiger partial charge is 0.300 e.